The number of nitrogens with zero attached hydrogens (tertiary/aromatic N) is 2. The summed E-state index contributed by atoms with van der Waals surface area (Å²) in [5.41, 5.74) is 1.26. The molecule has 2 N–H and O–H groups in total. The average molecular weight is 433 g/mol. The Balaban J connectivity index is 1.67. The zero-order chi connectivity index (χ0) is 22.0. The van der Waals surface area contributed by atoms with Gasteiger partial charge < -0.3 is 10.4 Å². The molecule has 2 aromatic carbocycles. The maximum atomic E-state index is 13.9. The molecule has 4 aromatic rings. The fourth-order valence-electron chi connectivity index (χ4n) is 2.90. The number of rotatable bonds is 3. The Morgan fingerprint density at radius 2 is 1.77 bits per heavy atom. The van der Waals surface area contributed by atoms with Crippen molar-refractivity contribution in [2.45, 2.75) is 4.90 Å². The first-order valence-corrected chi connectivity index (χ1v) is 11.0. The smallest absolute Gasteiger partial charge is 0.175 e. The van der Waals surface area contributed by atoms with Crippen LogP contribution >= 0.6 is 0 Å². The Hall–Kier alpha value is -3.96. The minimum atomic E-state index is -3.27. The van der Waals surface area contributed by atoms with Crippen LogP contribution in [0.1, 0.15) is 11.3 Å². The summed E-state index contributed by atoms with van der Waals surface area (Å²) in [6, 6.07) is 13.7. The molecule has 0 saturated heterocycles. The minimum Gasteiger partial charge on any atom is -0.508 e. The lowest BCUT2D eigenvalue weighted by Gasteiger charge is -2.08. The number of pyridine rings is 2. The molecule has 154 valence electrons. The number of nitrogens with one attached hydrogen (secondary N) is 1. The Morgan fingerprint density at radius 3 is 2.48 bits per heavy atom. The standard InChI is InChI=1S/C23H16FN3O3S/c1-31(29,30)19-7-4-17(5-8-19)27-23-13-20-16(14-26-23)10-11-25-22(20)9-3-15-2-6-18(28)12-21(15)24/h2,4-8,10-14,28H,1H3,(H,26,27). The van der Waals surface area contributed by atoms with Crippen LogP contribution in [0.5, 0.6) is 5.75 Å². The number of halogens is 1. The van der Waals surface area contributed by atoms with Crippen LogP contribution in [0, 0.1) is 17.7 Å². The van der Waals surface area contributed by atoms with E-state index in [1.54, 1.807) is 36.7 Å². The molecule has 0 spiro atoms. The van der Waals surface area contributed by atoms with Crippen molar-refractivity contribution in [2.24, 2.45) is 0 Å². The Kier molecular flexibility index (Phi) is 5.28. The predicted molar refractivity (Wildman–Crippen MR) is 116 cm³/mol. The first-order valence-electron chi connectivity index (χ1n) is 9.12. The van der Waals surface area contributed by atoms with Crippen LogP contribution in [-0.4, -0.2) is 29.7 Å². The van der Waals surface area contributed by atoms with Crippen LogP contribution < -0.4 is 5.32 Å². The van der Waals surface area contributed by atoms with Crippen molar-refractivity contribution < 1.29 is 17.9 Å². The molecule has 0 aliphatic heterocycles. The van der Waals surface area contributed by atoms with Crippen LogP contribution in [0.4, 0.5) is 15.9 Å². The molecule has 31 heavy (non-hydrogen) atoms. The van der Waals surface area contributed by atoms with E-state index >= 15 is 0 Å². The Bertz CT molecular complexity index is 1460. The molecule has 0 aliphatic rings. The minimum absolute atomic E-state index is 0.148. The number of fused-ring (bicyclic) bond motifs is 1. The molecule has 0 atom stereocenters. The molecule has 6 nitrogen and oxygen atoms in total. The first kappa shape index (κ1) is 20.3. The summed E-state index contributed by atoms with van der Waals surface area (Å²) < 4.78 is 37.1. The van der Waals surface area contributed by atoms with Crippen LogP contribution in [0.25, 0.3) is 10.8 Å². The summed E-state index contributed by atoms with van der Waals surface area (Å²) in [4.78, 5) is 8.88. The number of anilines is 2. The van der Waals surface area contributed by atoms with Crippen molar-refractivity contribution >= 4 is 32.1 Å². The molecule has 4 rings (SSSR count). The summed E-state index contributed by atoms with van der Waals surface area (Å²) in [7, 11) is -3.27. The number of hydrogen-bond acceptors (Lipinski definition) is 6. The van der Waals surface area contributed by atoms with Gasteiger partial charge in [-0.25, -0.2) is 22.8 Å². The lowest BCUT2D eigenvalue weighted by atomic mass is 10.1. The van der Waals surface area contributed by atoms with Gasteiger partial charge >= 0.3 is 0 Å². The van der Waals surface area contributed by atoms with Crippen molar-refractivity contribution in [3.63, 3.8) is 0 Å². The summed E-state index contributed by atoms with van der Waals surface area (Å²) in [6.07, 6.45) is 4.41. The lowest BCUT2D eigenvalue weighted by Crippen LogP contribution is -1.98. The SMILES string of the molecule is CS(=O)(=O)c1ccc(Nc2cc3c(C#Cc4ccc(O)cc4F)nccc3cn2)cc1. The van der Waals surface area contributed by atoms with Gasteiger partial charge in [0.1, 0.15) is 23.1 Å². The fraction of sp³-hybridized carbons (Fsp3) is 0.0435. The van der Waals surface area contributed by atoms with Crippen LogP contribution in [0.2, 0.25) is 0 Å². The molecule has 0 saturated carbocycles. The van der Waals surface area contributed by atoms with Crippen molar-refractivity contribution in [3.05, 3.63) is 84.1 Å². The topological polar surface area (TPSA) is 92.2 Å². The van der Waals surface area contributed by atoms with Gasteiger partial charge in [0, 0.05) is 41.2 Å². The van der Waals surface area contributed by atoms with E-state index in [0.29, 0.717) is 17.2 Å². The molecule has 0 unspecified atom stereocenters. The highest BCUT2D eigenvalue weighted by Gasteiger charge is 2.08. The number of aromatic nitrogens is 2. The monoisotopic (exact) mass is 433 g/mol. The third-order valence-electron chi connectivity index (χ3n) is 4.47. The highest BCUT2D eigenvalue weighted by Crippen LogP contribution is 2.23. The second kappa shape index (κ2) is 8.05. The van der Waals surface area contributed by atoms with E-state index in [2.05, 4.69) is 27.1 Å². The number of benzene rings is 2. The van der Waals surface area contributed by atoms with Crippen molar-refractivity contribution in [3.8, 4) is 17.6 Å². The number of aromatic hydroxyl groups is 1. The number of phenolic OH excluding ortho intramolecular Hbond substituents is 1. The third-order valence-corrected chi connectivity index (χ3v) is 5.60. The van der Waals surface area contributed by atoms with Gasteiger partial charge in [-0.15, -0.1) is 0 Å². The maximum absolute atomic E-state index is 13.9. The van der Waals surface area contributed by atoms with Gasteiger partial charge in [0.15, 0.2) is 9.84 Å². The Morgan fingerprint density at radius 1 is 1.00 bits per heavy atom. The van der Waals surface area contributed by atoms with E-state index in [4.69, 9.17) is 0 Å². The van der Waals surface area contributed by atoms with Crippen LogP contribution in [0.15, 0.2) is 71.9 Å². The predicted octanol–water partition coefficient (Wildman–Crippen LogP) is 4.02. The maximum Gasteiger partial charge on any atom is 0.175 e. The average Bonchev–Trinajstić information content (AvgIpc) is 2.73. The molecule has 2 aromatic heterocycles. The summed E-state index contributed by atoms with van der Waals surface area (Å²) >= 11 is 0. The number of phenols is 1. The summed E-state index contributed by atoms with van der Waals surface area (Å²) in [5, 5.41) is 14.0. The Labute approximate surface area is 178 Å². The van der Waals surface area contributed by atoms with Crippen molar-refractivity contribution in [2.75, 3.05) is 11.6 Å². The van der Waals surface area contributed by atoms with Crippen molar-refractivity contribution in [1.82, 2.24) is 9.97 Å². The van der Waals surface area contributed by atoms with Crippen LogP contribution in [-0.2, 0) is 9.84 Å². The second-order valence-electron chi connectivity index (χ2n) is 6.79. The molecular formula is C23H16FN3O3S. The van der Waals surface area contributed by atoms with Gasteiger partial charge in [-0.2, -0.15) is 0 Å². The normalized spacial score (nSPS) is 11.0. The van der Waals surface area contributed by atoms with Crippen molar-refractivity contribution in [1.29, 1.82) is 0 Å². The number of hydrogen-bond donors (Lipinski definition) is 2. The largest absolute Gasteiger partial charge is 0.508 e. The first-order chi connectivity index (χ1) is 14.8. The third kappa shape index (κ3) is 4.63. The van der Waals surface area contributed by atoms with Gasteiger partial charge in [-0.05, 0) is 54.5 Å². The number of sulfone groups is 1. The van der Waals surface area contributed by atoms with Gasteiger partial charge in [0.25, 0.3) is 0 Å². The van der Waals surface area contributed by atoms with E-state index in [0.717, 1.165) is 23.1 Å². The van der Waals surface area contributed by atoms with E-state index in [1.165, 1.54) is 24.3 Å². The van der Waals surface area contributed by atoms with E-state index in [9.17, 15) is 17.9 Å². The van der Waals surface area contributed by atoms with Gasteiger partial charge in [-0.3, -0.25) is 0 Å². The molecule has 0 radical (unpaired) electrons. The zero-order valence-corrected chi connectivity index (χ0v) is 17.1. The summed E-state index contributed by atoms with van der Waals surface area (Å²) in [5.74, 6) is 5.35. The fourth-order valence-corrected chi connectivity index (χ4v) is 3.53. The van der Waals surface area contributed by atoms with E-state index < -0.39 is 15.7 Å². The van der Waals surface area contributed by atoms with Gasteiger partial charge in [0.05, 0.1) is 10.5 Å². The molecule has 8 heteroatoms. The molecule has 0 fully saturated rings. The van der Waals surface area contributed by atoms with Gasteiger partial charge in [0.2, 0.25) is 0 Å². The highest BCUT2D eigenvalue weighted by molar-refractivity contribution is 7.90. The molecule has 0 amide bonds. The van der Waals surface area contributed by atoms with Gasteiger partial charge in [-0.1, -0.05) is 5.92 Å². The molecule has 0 aliphatic carbocycles. The van der Waals surface area contributed by atoms with E-state index in [1.807, 2.05) is 0 Å². The highest BCUT2D eigenvalue weighted by atomic mass is 32.2. The molecule has 2 heterocycles. The zero-order valence-electron chi connectivity index (χ0n) is 16.3. The second-order valence-corrected chi connectivity index (χ2v) is 8.80. The van der Waals surface area contributed by atoms with Crippen LogP contribution in [0.3, 0.4) is 0 Å². The summed E-state index contributed by atoms with van der Waals surface area (Å²) in [6.45, 7) is 0. The quantitative estimate of drug-likeness (QED) is 0.474. The van der Waals surface area contributed by atoms with E-state index in [-0.39, 0.29) is 16.2 Å². The molecule has 0 bridgehead atoms. The molecular weight excluding hydrogens is 417 g/mol. The lowest BCUT2D eigenvalue weighted by molar-refractivity contribution is 0.469.